The molecule has 1 N–H and O–H groups in total. The van der Waals surface area contributed by atoms with E-state index in [2.05, 4.69) is 21.2 Å². The zero-order valence-corrected chi connectivity index (χ0v) is 16.1. The van der Waals surface area contributed by atoms with E-state index in [4.69, 9.17) is 20.8 Å². The summed E-state index contributed by atoms with van der Waals surface area (Å²) in [5.41, 5.74) is 0.204. The highest BCUT2D eigenvalue weighted by molar-refractivity contribution is 9.10. The number of rotatable bonds is 4. The molecule has 5 nitrogen and oxygen atoms in total. The molecule has 0 saturated carbocycles. The molecule has 0 saturated heterocycles. The van der Waals surface area contributed by atoms with Crippen molar-refractivity contribution in [2.75, 3.05) is 11.9 Å². The molecule has 1 amide bonds. The average molecular weight is 459 g/mol. The number of nitrogens with one attached hydrogen (secondary N) is 1. The molecule has 27 heavy (non-hydrogen) atoms. The summed E-state index contributed by atoms with van der Waals surface area (Å²) in [6, 6.07) is 5.95. The summed E-state index contributed by atoms with van der Waals surface area (Å²) in [7, 11) is 0. The number of halogens is 4. The highest BCUT2D eigenvalue weighted by Gasteiger charge is 2.15. The third kappa shape index (κ3) is 4.28. The number of aryl methyl sites for hydroxylation is 1. The molecular weight excluding hydrogens is 448 g/mol. The largest absolute Gasteiger partial charge is 0.482 e. The van der Waals surface area contributed by atoms with Crippen LogP contribution in [0.1, 0.15) is 5.56 Å². The van der Waals surface area contributed by atoms with E-state index in [0.717, 1.165) is 6.07 Å². The number of anilines is 1. The first-order valence-electron chi connectivity index (χ1n) is 7.56. The Morgan fingerprint density at radius 3 is 2.70 bits per heavy atom. The van der Waals surface area contributed by atoms with Crippen molar-refractivity contribution >= 4 is 50.1 Å². The quantitative estimate of drug-likeness (QED) is 0.570. The molecule has 0 aliphatic rings. The van der Waals surface area contributed by atoms with E-state index in [0.29, 0.717) is 17.0 Å². The summed E-state index contributed by atoms with van der Waals surface area (Å²) in [6.45, 7) is 1.24. The van der Waals surface area contributed by atoms with E-state index in [1.54, 1.807) is 13.0 Å². The van der Waals surface area contributed by atoms with E-state index < -0.39 is 29.8 Å². The molecule has 0 fully saturated rings. The standard InChI is InChI=1S/C18H11BrClF2NO4/c1-8-2-17(25)27-14-6-15(12(20)5-10(8)14)26-7-16(24)23-18-11(19)3-9(21)4-13(18)22/h2-6H,7H2,1H3,(H,23,24). The molecule has 0 bridgehead atoms. The SMILES string of the molecule is Cc1cc(=O)oc2cc(OCC(=O)Nc3c(F)cc(F)cc3Br)c(Cl)cc12. The van der Waals surface area contributed by atoms with Gasteiger partial charge in [0.15, 0.2) is 12.4 Å². The van der Waals surface area contributed by atoms with Crippen LogP contribution in [-0.4, -0.2) is 12.5 Å². The number of hydrogen-bond donors (Lipinski definition) is 1. The second-order valence-electron chi connectivity index (χ2n) is 5.61. The lowest BCUT2D eigenvalue weighted by Crippen LogP contribution is -2.21. The summed E-state index contributed by atoms with van der Waals surface area (Å²) in [5.74, 6) is -2.29. The van der Waals surface area contributed by atoms with Gasteiger partial charge in [0.1, 0.15) is 17.1 Å². The van der Waals surface area contributed by atoms with Gasteiger partial charge in [-0.2, -0.15) is 0 Å². The Labute approximate surface area is 165 Å². The smallest absolute Gasteiger partial charge is 0.336 e. The van der Waals surface area contributed by atoms with E-state index in [1.807, 2.05) is 0 Å². The number of carbonyl (C=O) groups excluding carboxylic acids is 1. The lowest BCUT2D eigenvalue weighted by Gasteiger charge is -2.11. The van der Waals surface area contributed by atoms with Crippen molar-refractivity contribution in [1.82, 2.24) is 0 Å². The fourth-order valence-electron chi connectivity index (χ4n) is 2.41. The van der Waals surface area contributed by atoms with E-state index >= 15 is 0 Å². The van der Waals surface area contributed by atoms with Crippen molar-refractivity contribution in [1.29, 1.82) is 0 Å². The molecule has 140 valence electrons. The van der Waals surface area contributed by atoms with Crippen LogP contribution in [0.2, 0.25) is 5.02 Å². The maximum atomic E-state index is 13.8. The molecule has 3 aromatic rings. The lowest BCUT2D eigenvalue weighted by atomic mass is 10.1. The predicted molar refractivity (Wildman–Crippen MR) is 100 cm³/mol. The van der Waals surface area contributed by atoms with E-state index in [-0.39, 0.29) is 26.5 Å². The summed E-state index contributed by atoms with van der Waals surface area (Å²) >= 11 is 9.12. The molecule has 0 unspecified atom stereocenters. The minimum Gasteiger partial charge on any atom is -0.482 e. The Hall–Kier alpha value is -2.45. The third-order valence-electron chi connectivity index (χ3n) is 3.63. The van der Waals surface area contributed by atoms with Gasteiger partial charge in [0, 0.05) is 28.1 Å². The van der Waals surface area contributed by atoms with Crippen molar-refractivity contribution in [3.8, 4) is 5.75 Å². The summed E-state index contributed by atoms with van der Waals surface area (Å²) < 4.78 is 37.3. The Morgan fingerprint density at radius 2 is 2.00 bits per heavy atom. The van der Waals surface area contributed by atoms with Crippen molar-refractivity contribution in [2.24, 2.45) is 0 Å². The normalized spacial score (nSPS) is 10.9. The lowest BCUT2D eigenvalue weighted by molar-refractivity contribution is -0.118. The first kappa shape index (κ1) is 19.3. The van der Waals surface area contributed by atoms with Gasteiger partial charge in [0.05, 0.1) is 10.7 Å². The Kier molecular flexibility index (Phi) is 5.48. The first-order valence-corrected chi connectivity index (χ1v) is 8.73. The van der Waals surface area contributed by atoms with Crippen LogP contribution < -0.4 is 15.7 Å². The van der Waals surface area contributed by atoms with Crippen molar-refractivity contribution in [2.45, 2.75) is 6.92 Å². The molecule has 0 aliphatic heterocycles. The van der Waals surface area contributed by atoms with E-state index in [9.17, 15) is 18.4 Å². The van der Waals surface area contributed by atoms with Gasteiger partial charge in [-0.05, 0) is 40.5 Å². The monoisotopic (exact) mass is 457 g/mol. The van der Waals surface area contributed by atoms with Gasteiger partial charge < -0.3 is 14.5 Å². The number of amides is 1. The maximum absolute atomic E-state index is 13.8. The minimum absolute atomic E-state index is 0.0503. The highest BCUT2D eigenvalue weighted by atomic mass is 79.9. The second kappa shape index (κ2) is 7.66. The van der Waals surface area contributed by atoms with Gasteiger partial charge in [-0.3, -0.25) is 4.79 Å². The number of benzene rings is 2. The average Bonchev–Trinajstić information content (AvgIpc) is 2.57. The molecule has 0 radical (unpaired) electrons. The number of ether oxygens (including phenoxy) is 1. The number of hydrogen-bond acceptors (Lipinski definition) is 4. The maximum Gasteiger partial charge on any atom is 0.336 e. The van der Waals surface area contributed by atoms with E-state index in [1.165, 1.54) is 12.1 Å². The van der Waals surface area contributed by atoms with Gasteiger partial charge in [0.2, 0.25) is 0 Å². The summed E-state index contributed by atoms with van der Waals surface area (Å²) in [4.78, 5) is 23.5. The van der Waals surface area contributed by atoms with Crippen LogP contribution in [0.25, 0.3) is 11.0 Å². The van der Waals surface area contributed by atoms with Gasteiger partial charge in [0.25, 0.3) is 5.91 Å². The minimum atomic E-state index is -0.934. The molecule has 9 heteroatoms. The molecule has 1 aromatic heterocycles. The molecular formula is C18H11BrClF2NO4. The zero-order valence-electron chi connectivity index (χ0n) is 13.7. The van der Waals surface area contributed by atoms with Crippen LogP contribution >= 0.6 is 27.5 Å². The van der Waals surface area contributed by atoms with Crippen LogP contribution in [0.4, 0.5) is 14.5 Å². The molecule has 0 spiro atoms. The van der Waals surface area contributed by atoms with Gasteiger partial charge in [-0.25, -0.2) is 13.6 Å². The van der Waals surface area contributed by atoms with Crippen LogP contribution in [0, 0.1) is 18.6 Å². The van der Waals surface area contributed by atoms with Crippen molar-refractivity contribution in [3.05, 3.63) is 67.4 Å². The fraction of sp³-hybridized carbons (Fsp3) is 0.111. The van der Waals surface area contributed by atoms with Crippen molar-refractivity contribution < 1.29 is 22.7 Å². The van der Waals surface area contributed by atoms with Crippen LogP contribution in [0.15, 0.2) is 44.0 Å². The van der Waals surface area contributed by atoms with Crippen LogP contribution in [0.5, 0.6) is 5.75 Å². The van der Waals surface area contributed by atoms with Gasteiger partial charge in [-0.1, -0.05) is 11.6 Å². The Morgan fingerprint density at radius 1 is 1.26 bits per heavy atom. The summed E-state index contributed by atoms with van der Waals surface area (Å²) in [6.07, 6.45) is 0. The highest BCUT2D eigenvalue weighted by Crippen LogP contribution is 2.31. The second-order valence-corrected chi connectivity index (χ2v) is 6.87. The predicted octanol–water partition coefficient (Wildman–Crippen LogP) is 4.81. The van der Waals surface area contributed by atoms with Crippen molar-refractivity contribution in [3.63, 3.8) is 0 Å². The number of fused-ring (bicyclic) bond motifs is 1. The number of carbonyl (C=O) groups is 1. The van der Waals surface area contributed by atoms with Gasteiger partial charge in [-0.15, -0.1) is 0 Å². The molecule has 3 rings (SSSR count). The molecule has 0 atom stereocenters. The molecule has 1 heterocycles. The van der Waals surface area contributed by atoms with Gasteiger partial charge >= 0.3 is 5.63 Å². The zero-order chi connectivity index (χ0) is 19.7. The Bertz CT molecular complexity index is 1090. The summed E-state index contributed by atoms with van der Waals surface area (Å²) in [5, 5.41) is 3.12. The molecule has 2 aromatic carbocycles. The van der Waals surface area contributed by atoms with Crippen LogP contribution in [-0.2, 0) is 4.79 Å². The third-order valence-corrected chi connectivity index (χ3v) is 4.55. The Balaban J connectivity index is 1.78. The topological polar surface area (TPSA) is 68.5 Å². The molecule has 0 aliphatic carbocycles. The first-order chi connectivity index (χ1) is 12.7. The van der Waals surface area contributed by atoms with Crippen LogP contribution in [0.3, 0.4) is 0 Å². The fourth-order valence-corrected chi connectivity index (χ4v) is 3.14.